The quantitative estimate of drug-likeness (QED) is 0.894. The SMILES string of the molecule is CNC(=O)c1sc2nc(C3CCCCN3CC3CC3)ccc2c1N. The summed E-state index contributed by atoms with van der Waals surface area (Å²) < 4.78 is 0. The zero-order chi connectivity index (χ0) is 16.7. The number of nitrogens with zero attached hydrogens (tertiary/aromatic N) is 2. The number of thiophene rings is 1. The number of rotatable bonds is 4. The van der Waals surface area contributed by atoms with Crippen LogP contribution in [0.1, 0.15) is 53.5 Å². The molecule has 0 bridgehead atoms. The van der Waals surface area contributed by atoms with Crippen molar-refractivity contribution in [3.05, 3.63) is 22.7 Å². The summed E-state index contributed by atoms with van der Waals surface area (Å²) >= 11 is 1.40. The zero-order valence-electron chi connectivity index (χ0n) is 14.0. The van der Waals surface area contributed by atoms with Crippen LogP contribution < -0.4 is 11.1 Å². The maximum Gasteiger partial charge on any atom is 0.263 e. The normalized spacial score (nSPS) is 22.0. The number of carbonyl (C=O) groups is 1. The number of hydrogen-bond donors (Lipinski definition) is 2. The number of aromatic nitrogens is 1. The molecule has 6 heteroatoms. The van der Waals surface area contributed by atoms with Gasteiger partial charge in [0.1, 0.15) is 9.71 Å². The van der Waals surface area contributed by atoms with Crippen LogP contribution in [0.15, 0.2) is 12.1 Å². The van der Waals surface area contributed by atoms with E-state index in [0.29, 0.717) is 16.6 Å². The fraction of sp³-hybridized carbons (Fsp3) is 0.556. The molecule has 0 spiro atoms. The van der Waals surface area contributed by atoms with Gasteiger partial charge in [-0.15, -0.1) is 11.3 Å². The molecule has 5 nitrogen and oxygen atoms in total. The third kappa shape index (κ3) is 2.89. The fourth-order valence-electron chi connectivity index (χ4n) is 3.66. The largest absolute Gasteiger partial charge is 0.397 e. The van der Waals surface area contributed by atoms with Crippen LogP contribution in [0.2, 0.25) is 0 Å². The van der Waals surface area contributed by atoms with Crippen molar-refractivity contribution in [1.82, 2.24) is 15.2 Å². The van der Waals surface area contributed by atoms with Gasteiger partial charge in [0.2, 0.25) is 0 Å². The van der Waals surface area contributed by atoms with Gasteiger partial charge in [-0.2, -0.15) is 0 Å². The first kappa shape index (κ1) is 15.8. The molecule has 2 fully saturated rings. The molecule has 3 heterocycles. The van der Waals surface area contributed by atoms with Gasteiger partial charge >= 0.3 is 0 Å². The molecule has 2 aliphatic rings. The third-order valence-corrected chi connectivity index (χ3v) is 6.31. The van der Waals surface area contributed by atoms with E-state index >= 15 is 0 Å². The first-order chi connectivity index (χ1) is 11.7. The molecule has 1 saturated heterocycles. The minimum atomic E-state index is -0.134. The summed E-state index contributed by atoms with van der Waals surface area (Å²) in [5.74, 6) is 0.761. The van der Waals surface area contributed by atoms with Crippen LogP contribution in [-0.4, -0.2) is 35.9 Å². The Balaban J connectivity index is 1.66. The van der Waals surface area contributed by atoms with Crippen molar-refractivity contribution in [2.75, 3.05) is 25.9 Å². The first-order valence-electron chi connectivity index (χ1n) is 8.82. The third-order valence-electron chi connectivity index (χ3n) is 5.19. The van der Waals surface area contributed by atoms with Crippen LogP contribution >= 0.6 is 11.3 Å². The Morgan fingerprint density at radius 3 is 2.96 bits per heavy atom. The lowest BCUT2D eigenvalue weighted by Gasteiger charge is -2.35. The maximum absolute atomic E-state index is 12.0. The Hall–Kier alpha value is -1.66. The van der Waals surface area contributed by atoms with E-state index in [9.17, 15) is 4.79 Å². The van der Waals surface area contributed by atoms with Gasteiger partial charge < -0.3 is 11.1 Å². The molecular weight excluding hydrogens is 320 g/mol. The van der Waals surface area contributed by atoms with E-state index in [0.717, 1.165) is 21.8 Å². The summed E-state index contributed by atoms with van der Waals surface area (Å²) in [4.78, 5) is 20.9. The van der Waals surface area contributed by atoms with Crippen molar-refractivity contribution in [3.63, 3.8) is 0 Å². The van der Waals surface area contributed by atoms with Crippen molar-refractivity contribution in [2.45, 2.75) is 38.1 Å². The second kappa shape index (κ2) is 6.33. The molecule has 1 amide bonds. The van der Waals surface area contributed by atoms with E-state index in [2.05, 4.69) is 16.3 Å². The summed E-state index contributed by atoms with van der Waals surface area (Å²) in [5.41, 5.74) is 7.82. The second-order valence-corrected chi connectivity index (χ2v) is 7.96. The van der Waals surface area contributed by atoms with Crippen LogP contribution in [0, 0.1) is 5.92 Å². The highest BCUT2D eigenvalue weighted by atomic mass is 32.1. The predicted molar refractivity (Wildman–Crippen MR) is 98.3 cm³/mol. The minimum absolute atomic E-state index is 0.134. The lowest BCUT2D eigenvalue weighted by atomic mass is 9.98. The molecule has 0 aromatic carbocycles. The van der Waals surface area contributed by atoms with Crippen LogP contribution in [0.25, 0.3) is 10.2 Å². The van der Waals surface area contributed by atoms with Gasteiger partial charge in [0.15, 0.2) is 0 Å². The molecular formula is C18H24N4OS. The standard InChI is InChI=1S/C18H24N4OS/c1-20-17(23)16-15(19)12-7-8-13(21-18(12)24-16)14-4-2-3-9-22(14)10-11-5-6-11/h7-8,11,14H,2-6,9-10,19H2,1H3,(H,20,23). The average molecular weight is 344 g/mol. The van der Waals surface area contributed by atoms with Gasteiger partial charge in [-0.1, -0.05) is 6.42 Å². The Bertz CT molecular complexity index is 768. The lowest BCUT2D eigenvalue weighted by molar-refractivity contribution is 0.0968. The van der Waals surface area contributed by atoms with E-state index in [1.54, 1.807) is 7.05 Å². The Labute approximate surface area is 146 Å². The molecule has 0 radical (unpaired) electrons. The van der Waals surface area contributed by atoms with E-state index in [4.69, 9.17) is 10.7 Å². The number of carbonyl (C=O) groups excluding carboxylic acids is 1. The summed E-state index contributed by atoms with van der Waals surface area (Å²) in [5, 5.41) is 3.55. The van der Waals surface area contributed by atoms with Gasteiger partial charge in [0.25, 0.3) is 5.91 Å². The first-order valence-corrected chi connectivity index (χ1v) is 9.64. The number of nitrogens with one attached hydrogen (secondary N) is 1. The van der Waals surface area contributed by atoms with Crippen LogP contribution in [0.3, 0.4) is 0 Å². The minimum Gasteiger partial charge on any atom is -0.397 e. The molecule has 4 rings (SSSR count). The highest BCUT2D eigenvalue weighted by Crippen LogP contribution is 2.38. The fourth-order valence-corrected chi connectivity index (χ4v) is 4.70. The zero-order valence-corrected chi connectivity index (χ0v) is 14.9. The number of hydrogen-bond acceptors (Lipinski definition) is 5. The molecule has 2 aromatic rings. The Morgan fingerprint density at radius 2 is 2.21 bits per heavy atom. The molecule has 1 saturated carbocycles. The molecule has 1 aliphatic heterocycles. The van der Waals surface area contributed by atoms with Gasteiger partial charge in [-0.25, -0.2) is 4.98 Å². The molecule has 24 heavy (non-hydrogen) atoms. The van der Waals surface area contributed by atoms with Gasteiger partial charge in [0.05, 0.1) is 17.4 Å². The average Bonchev–Trinajstić information content (AvgIpc) is 3.36. The number of pyridine rings is 1. The van der Waals surface area contributed by atoms with Crippen molar-refractivity contribution < 1.29 is 4.79 Å². The van der Waals surface area contributed by atoms with Crippen molar-refractivity contribution in [3.8, 4) is 0 Å². The Morgan fingerprint density at radius 1 is 1.38 bits per heavy atom. The number of anilines is 1. The van der Waals surface area contributed by atoms with Crippen molar-refractivity contribution >= 4 is 33.1 Å². The summed E-state index contributed by atoms with van der Waals surface area (Å²) in [6.07, 6.45) is 6.49. The number of nitrogen functional groups attached to an aromatic ring is 1. The molecule has 3 N–H and O–H groups in total. The molecule has 1 unspecified atom stereocenters. The summed E-state index contributed by atoms with van der Waals surface area (Å²) in [7, 11) is 1.63. The predicted octanol–water partition coefficient (Wildman–Crippen LogP) is 3.18. The van der Waals surface area contributed by atoms with Crippen LogP contribution in [-0.2, 0) is 0 Å². The van der Waals surface area contributed by atoms with Gasteiger partial charge in [-0.05, 0) is 50.3 Å². The second-order valence-electron chi connectivity index (χ2n) is 6.96. The van der Waals surface area contributed by atoms with E-state index in [1.165, 1.54) is 56.5 Å². The lowest BCUT2D eigenvalue weighted by Crippen LogP contribution is -2.35. The maximum atomic E-state index is 12.0. The number of fused-ring (bicyclic) bond motifs is 1. The molecule has 1 aliphatic carbocycles. The number of nitrogens with two attached hydrogens (primary N) is 1. The Kier molecular flexibility index (Phi) is 4.18. The molecule has 1 atom stereocenters. The van der Waals surface area contributed by atoms with E-state index in [1.807, 2.05) is 6.07 Å². The topological polar surface area (TPSA) is 71.2 Å². The van der Waals surface area contributed by atoms with Crippen molar-refractivity contribution in [1.29, 1.82) is 0 Å². The summed E-state index contributed by atoms with van der Waals surface area (Å²) in [6, 6.07) is 4.56. The van der Waals surface area contributed by atoms with E-state index < -0.39 is 0 Å². The smallest absolute Gasteiger partial charge is 0.263 e. The summed E-state index contributed by atoms with van der Waals surface area (Å²) in [6.45, 7) is 2.39. The highest BCUT2D eigenvalue weighted by molar-refractivity contribution is 7.21. The van der Waals surface area contributed by atoms with Crippen LogP contribution in [0.5, 0.6) is 0 Å². The highest BCUT2D eigenvalue weighted by Gasteiger charge is 2.31. The van der Waals surface area contributed by atoms with Gasteiger partial charge in [-0.3, -0.25) is 9.69 Å². The molecule has 2 aromatic heterocycles. The monoisotopic (exact) mass is 344 g/mol. The van der Waals surface area contributed by atoms with Crippen molar-refractivity contribution in [2.24, 2.45) is 5.92 Å². The number of piperidine rings is 1. The number of amides is 1. The molecule has 128 valence electrons. The van der Waals surface area contributed by atoms with Gasteiger partial charge in [0, 0.05) is 19.0 Å². The number of likely N-dealkylation sites (tertiary alicyclic amines) is 1. The van der Waals surface area contributed by atoms with E-state index in [-0.39, 0.29) is 5.91 Å². The van der Waals surface area contributed by atoms with Crippen LogP contribution in [0.4, 0.5) is 5.69 Å².